The third-order valence-corrected chi connectivity index (χ3v) is 10.5. The Morgan fingerprint density at radius 2 is 1.17 bits per heavy atom. The van der Waals surface area contributed by atoms with Gasteiger partial charge in [0.15, 0.2) is 6.10 Å². The van der Waals surface area contributed by atoms with E-state index in [2.05, 4.69) is 5.32 Å². The predicted octanol–water partition coefficient (Wildman–Crippen LogP) is 3.72. The molecule has 0 aliphatic heterocycles. The van der Waals surface area contributed by atoms with Gasteiger partial charge in [0.05, 0.1) is 14.2 Å². The molecule has 0 spiro atoms. The number of benzene rings is 3. The third kappa shape index (κ3) is 12.7. The minimum atomic E-state index is -1.22. The Morgan fingerprint density at radius 1 is 0.690 bits per heavy atom. The van der Waals surface area contributed by atoms with Crippen LogP contribution in [-0.4, -0.2) is 127 Å². The van der Waals surface area contributed by atoms with Crippen molar-refractivity contribution in [3.8, 4) is 17.2 Å². The minimum absolute atomic E-state index is 0.0130. The number of ether oxygens (including phenoxy) is 3. The average molecular weight is 806 g/mol. The second kappa shape index (κ2) is 21.8. The fraction of sp³-hybridized carbons (Fsp3) is 0.477. The number of carbonyl (C=O) groups is 5. The number of carbonyl (C=O) groups excluding carboxylic acids is 5. The highest BCUT2D eigenvalue weighted by Crippen LogP contribution is 2.22. The van der Waals surface area contributed by atoms with Gasteiger partial charge in [0.1, 0.15) is 35.7 Å². The van der Waals surface area contributed by atoms with Crippen LogP contribution in [-0.2, 0) is 52.7 Å². The fourth-order valence-corrected chi connectivity index (χ4v) is 6.44. The van der Waals surface area contributed by atoms with Crippen LogP contribution in [0.1, 0.15) is 50.8 Å². The summed E-state index contributed by atoms with van der Waals surface area (Å²) in [4.78, 5) is 74.3. The fourth-order valence-electron chi connectivity index (χ4n) is 6.44. The van der Waals surface area contributed by atoms with Gasteiger partial charge in [0.25, 0.3) is 11.7 Å². The van der Waals surface area contributed by atoms with Gasteiger partial charge in [-0.2, -0.15) is 0 Å². The van der Waals surface area contributed by atoms with Crippen molar-refractivity contribution < 1.29 is 48.4 Å². The molecule has 0 unspecified atom stereocenters. The van der Waals surface area contributed by atoms with Crippen LogP contribution in [0, 0.1) is 11.8 Å². The molecule has 4 N–H and O–H groups in total. The van der Waals surface area contributed by atoms with Crippen LogP contribution in [0.15, 0.2) is 72.8 Å². The van der Waals surface area contributed by atoms with Gasteiger partial charge in [0.2, 0.25) is 11.8 Å². The lowest BCUT2D eigenvalue weighted by Crippen LogP contribution is -2.59. The third-order valence-electron chi connectivity index (χ3n) is 10.5. The Balaban J connectivity index is 1.92. The summed E-state index contributed by atoms with van der Waals surface area (Å²) in [6.45, 7) is 7.19. The van der Waals surface area contributed by atoms with E-state index in [0.717, 1.165) is 5.56 Å². The molecule has 0 bridgehead atoms. The summed E-state index contributed by atoms with van der Waals surface area (Å²) in [5.74, 6) is -2.91. The van der Waals surface area contributed by atoms with E-state index in [4.69, 9.17) is 19.3 Å². The summed E-state index contributed by atoms with van der Waals surface area (Å²) in [6.07, 6.45) is -0.295. The molecule has 0 saturated carbocycles. The lowest BCUT2D eigenvalue weighted by atomic mass is 9.96. The van der Waals surface area contributed by atoms with Gasteiger partial charge in [-0.05, 0) is 85.9 Å². The van der Waals surface area contributed by atoms with Crippen molar-refractivity contribution in [2.75, 3.05) is 42.4 Å². The lowest BCUT2D eigenvalue weighted by Gasteiger charge is -2.36. The first-order chi connectivity index (χ1) is 27.4. The van der Waals surface area contributed by atoms with E-state index in [0.29, 0.717) is 35.5 Å². The Kier molecular flexibility index (Phi) is 17.5. The normalized spacial score (nSPS) is 14.3. The summed E-state index contributed by atoms with van der Waals surface area (Å²) in [6, 6.07) is 16.0. The zero-order valence-electron chi connectivity index (χ0n) is 35.4. The van der Waals surface area contributed by atoms with Gasteiger partial charge in [0, 0.05) is 45.0 Å². The van der Waals surface area contributed by atoms with Crippen LogP contribution in [0.5, 0.6) is 17.2 Å². The van der Waals surface area contributed by atoms with E-state index in [-0.39, 0.29) is 18.6 Å². The molecule has 3 amide bonds. The number of phenolic OH excluding ortho intramolecular Hbond substituents is 1. The van der Waals surface area contributed by atoms with Crippen LogP contribution in [0.3, 0.4) is 0 Å². The SMILES string of the molecule is CC[C@@H](C)[C@H](OC(=O)[C@@H](Cc1ccc(OC)cc1)N(C)C)C(=O)N[C@H](C(=O)N(C)[C@@H](Cc1ccc(O)cc1)C(=O)N(C)[C@H](Cc1ccc([OH2+])cc1)C(=O)OC)C(C)C. The van der Waals surface area contributed by atoms with Crippen LogP contribution in [0.25, 0.3) is 0 Å². The van der Waals surface area contributed by atoms with Crippen molar-refractivity contribution in [3.63, 3.8) is 0 Å². The van der Waals surface area contributed by atoms with Gasteiger partial charge in [-0.15, -0.1) is 0 Å². The number of nitrogens with zero attached hydrogens (tertiary/aromatic N) is 3. The van der Waals surface area contributed by atoms with E-state index >= 15 is 0 Å². The van der Waals surface area contributed by atoms with Gasteiger partial charge >= 0.3 is 11.9 Å². The van der Waals surface area contributed by atoms with Crippen molar-refractivity contribution in [2.24, 2.45) is 11.8 Å². The number of aromatic hydroxyl groups is 1. The van der Waals surface area contributed by atoms with Gasteiger partial charge in [-0.25, -0.2) is 4.79 Å². The molecule has 3 aromatic rings. The molecule has 0 aliphatic carbocycles. The molecule has 3 rings (SSSR count). The van der Waals surface area contributed by atoms with E-state index in [1.165, 1.54) is 43.1 Å². The van der Waals surface area contributed by atoms with Crippen LogP contribution in [0.2, 0.25) is 0 Å². The number of esters is 2. The molecule has 0 saturated heterocycles. The van der Waals surface area contributed by atoms with Crippen molar-refractivity contribution >= 4 is 29.7 Å². The smallest absolute Gasteiger partial charge is 0.328 e. The molecule has 0 aliphatic rings. The maximum absolute atomic E-state index is 14.5. The van der Waals surface area contributed by atoms with Crippen molar-refractivity contribution in [1.29, 1.82) is 0 Å². The zero-order valence-corrected chi connectivity index (χ0v) is 35.4. The molecular weight excluding hydrogens is 745 g/mol. The van der Waals surface area contributed by atoms with E-state index in [1.54, 1.807) is 95.4 Å². The topological polar surface area (TPSA) is 178 Å². The quantitative estimate of drug-likeness (QED) is 0.126. The molecule has 3 aromatic carbocycles. The summed E-state index contributed by atoms with van der Waals surface area (Å²) in [5.41, 5.74) is 2.20. The Labute approximate surface area is 342 Å². The summed E-state index contributed by atoms with van der Waals surface area (Å²) in [7, 11) is 9.25. The first-order valence-electron chi connectivity index (χ1n) is 19.4. The highest BCUT2D eigenvalue weighted by molar-refractivity contribution is 5.95. The van der Waals surface area contributed by atoms with E-state index in [9.17, 15) is 29.1 Å². The van der Waals surface area contributed by atoms with E-state index < -0.39 is 71.8 Å². The van der Waals surface area contributed by atoms with Crippen LogP contribution < -0.4 is 10.1 Å². The van der Waals surface area contributed by atoms with Gasteiger partial charge in [-0.3, -0.25) is 24.1 Å². The second-order valence-corrected chi connectivity index (χ2v) is 15.2. The molecule has 58 heavy (non-hydrogen) atoms. The number of phenols is 1. The number of amides is 3. The highest BCUT2D eigenvalue weighted by atomic mass is 16.6. The molecule has 6 atom stereocenters. The molecule has 14 nitrogen and oxygen atoms in total. The molecule has 0 fully saturated rings. The summed E-state index contributed by atoms with van der Waals surface area (Å²) in [5, 5.41) is 20.6. The highest BCUT2D eigenvalue weighted by Gasteiger charge is 2.40. The Bertz CT molecular complexity index is 1820. The summed E-state index contributed by atoms with van der Waals surface area (Å²) >= 11 is 0. The first-order valence-corrected chi connectivity index (χ1v) is 19.4. The summed E-state index contributed by atoms with van der Waals surface area (Å²) < 4.78 is 16.3. The number of hydrogen-bond acceptors (Lipinski definition) is 10. The number of methoxy groups -OCH3 is 2. The van der Waals surface area contributed by atoms with Crippen LogP contribution >= 0.6 is 0 Å². The maximum Gasteiger partial charge on any atom is 0.328 e. The Morgan fingerprint density at radius 3 is 1.66 bits per heavy atom. The molecule has 14 heteroatoms. The molecule has 0 heterocycles. The molecule has 0 radical (unpaired) electrons. The molecule has 0 aromatic heterocycles. The number of rotatable bonds is 20. The monoisotopic (exact) mass is 805 g/mol. The largest absolute Gasteiger partial charge is 0.593 e. The number of nitrogens with one attached hydrogen (secondary N) is 1. The standard InChI is InChI=1S/C44H60N4O10/c1-11-28(4)39(58-44(55)36(46(5)6)25-31-16-22-34(56-9)23-17-31)40(51)45-38(27(2)3)42(53)47(7)35(24-29-12-18-32(49)19-13-29)41(52)48(8)37(43(54)57-10)26-30-14-20-33(50)21-15-30/h12-23,27-28,35-39,49-50H,11,24-26H2,1-10H3,(H,45,51)/p+1/t28-,35+,36-,37-,38+,39+/m1/s1. The first kappa shape index (κ1) is 46.8. The minimum Gasteiger partial charge on any atom is -0.593 e. The predicted molar refractivity (Wildman–Crippen MR) is 220 cm³/mol. The van der Waals surface area contributed by atoms with Gasteiger partial charge in [-0.1, -0.05) is 52.0 Å². The van der Waals surface area contributed by atoms with Crippen LogP contribution in [0.4, 0.5) is 0 Å². The number of likely N-dealkylation sites (N-methyl/N-ethyl adjacent to an activating group) is 3. The molecule has 316 valence electrons. The maximum atomic E-state index is 14.5. The van der Waals surface area contributed by atoms with Gasteiger partial charge < -0.3 is 39.5 Å². The van der Waals surface area contributed by atoms with Crippen molar-refractivity contribution in [2.45, 2.75) is 83.6 Å². The zero-order chi connectivity index (χ0) is 43.3. The Hall–Kier alpha value is -5.63. The van der Waals surface area contributed by atoms with Crippen molar-refractivity contribution in [3.05, 3.63) is 89.5 Å². The average Bonchev–Trinajstić information content (AvgIpc) is 3.21. The number of hydrogen-bond donors (Lipinski definition) is 2. The van der Waals surface area contributed by atoms with Crippen molar-refractivity contribution in [1.82, 2.24) is 20.0 Å². The van der Waals surface area contributed by atoms with E-state index in [1.807, 2.05) is 19.1 Å². The second-order valence-electron chi connectivity index (χ2n) is 15.2. The lowest BCUT2D eigenvalue weighted by molar-refractivity contribution is -0.164. The molecular formula is C44H61N4O10+.